The third kappa shape index (κ3) is 5.75. The molecule has 2 fully saturated rings. The second-order valence-electron chi connectivity index (χ2n) is 9.01. The van der Waals surface area contributed by atoms with E-state index >= 15 is 0 Å². The van der Waals surface area contributed by atoms with Crippen molar-refractivity contribution in [3.63, 3.8) is 0 Å². The molecule has 1 N–H and O–H groups in total. The van der Waals surface area contributed by atoms with Gasteiger partial charge in [-0.25, -0.2) is 0 Å². The number of likely N-dealkylation sites (tertiary alicyclic amines) is 1. The van der Waals surface area contributed by atoms with Crippen molar-refractivity contribution in [2.24, 2.45) is 5.92 Å². The third-order valence-electron chi connectivity index (χ3n) is 6.60. The summed E-state index contributed by atoms with van der Waals surface area (Å²) in [5.74, 6) is 0.806. The van der Waals surface area contributed by atoms with Crippen LogP contribution in [-0.2, 0) is 16.1 Å². The molecule has 3 heterocycles. The Hall–Kier alpha value is -3.27. The number of halogens is 1. The van der Waals surface area contributed by atoms with Crippen LogP contribution in [0.4, 0.5) is 5.69 Å². The number of nitrogens with zero attached hydrogens (tertiary/aromatic N) is 4. The molecule has 10 heteroatoms. The molecule has 3 aromatic rings. The lowest BCUT2D eigenvalue weighted by atomic mass is 9.95. The first-order chi connectivity index (χ1) is 17.6. The van der Waals surface area contributed by atoms with Crippen molar-refractivity contribution in [1.82, 2.24) is 19.9 Å². The summed E-state index contributed by atoms with van der Waals surface area (Å²) in [6.07, 6.45) is 1.42. The molecule has 9 nitrogen and oxygen atoms in total. The Balaban J connectivity index is 1.14. The number of carbonyl (C=O) groups excluding carboxylic acids is 2. The van der Waals surface area contributed by atoms with Gasteiger partial charge in [-0.2, -0.15) is 4.98 Å². The second kappa shape index (κ2) is 11.2. The molecule has 0 saturated carbocycles. The summed E-state index contributed by atoms with van der Waals surface area (Å²) < 4.78 is 10.8. The molecule has 0 unspecified atom stereocenters. The van der Waals surface area contributed by atoms with Crippen molar-refractivity contribution in [2.75, 3.05) is 44.7 Å². The van der Waals surface area contributed by atoms with Gasteiger partial charge in [0.2, 0.25) is 17.6 Å². The molecule has 0 radical (unpaired) electrons. The number of morpholine rings is 1. The van der Waals surface area contributed by atoms with Crippen molar-refractivity contribution in [2.45, 2.75) is 19.4 Å². The summed E-state index contributed by atoms with van der Waals surface area (Å²) in [6, 6.07) is 14.5. The average molecular weight is 510 g/mol. The lowest BCUT2D eigenvalue weighted by Crippen LogP contribution is -2.41. The minimum absolute atomic E-state index is 0.0558. The van der Waals surface area contributed by atoms with Crippen LogP contribution in [0.15, 0.2) is 53.1 Å². The van der Waals surface area contributed by atoms with Crippen LogP contribution in [0.1, 0.15) is 29.1 Å². The van der Waals surface area contributed by atoms with E-state index in [4.69, 9.17) is 20.9 Å². The number of carbonyl (C=O) groups is 2. The summed E-state index contributed by atoms with van der Waals surface area (Å²) in [6.45, 7) is 4.19. The highest BCUT2D eigenvalue weighted by Gasteiger charge is 2.28. The summed E-state index contributed by atoms with van der Waals surface area (Å²) in [7, 11) is 0. The zero-order valence-corrected chi connectivity index (χ0v) is 20.6. The number of hydrogen-bond acceptors (Lipinski definition) is 7. The standard InChI is InChI=1S/C26H28ClN5O4/c27-20-7-5-18(6-8-20)24-29-23(36-30-24)17-31-11-9-19(10-12-31)25(33)28-22-4-2-1-3-21(22)26(34)32-13-15-35-16-14-32/h1-8,19H,9-17H2,(H,28,33). The van der Waals surface area contributed by atoms with E-state index in [1.54, 1.807) is 29.2 Å². The maximum atomic E-state index is 13.0. The number of ether oxygens (including phenoxy) is 1. The molecular formula is C26H28ClN5O4. The molecule has 2 saturated heterocycles. The predicted octanol–water partition coefficient (Wildman–Crippen LogP) is 3.71. The normalized spacial score (nSPS) is 17.2. The van der Waals surface area contributed by atoms with Gasteiger partial charge in [-0.05, 0) is 62.3 Å². The number of para-hydroxylation sites is 1. The number of rotatable bonds is 6. The van der Waals surface area contributed by atoms with Crippen molar-refractivity contribution in [1.29, 1.82) is 0 Å². The summed E-state index contributed by atoms with van der Waals surface area (Å²) >= 11 is 5.95. The number of anilines is 1. The van der Waals surface area contributed by atoms with E-state index in [0.717, 1.165) is 18.7 Å². The van der Waals surface area contributed by atoms with E-state index in [-0.39, 0.29) is 17.7 Å². The zero-order chi connectivity index (χ0) is 24.9. The fourth-order valence-corrected chi connectivity index (χ4v) is 4.66. The first-order valence-corrected chi connectivity index (χ1v) is 12.5. The molecule has 0 bridgehead atoms. The van der Waals surface area contributed by atoms with Gasteiger partial charge < -0.3 is 19.5 Å². The molecule has 0 aliphatic carbocycles. The highest BCUT2D eigenvalue weighted by atomic mass is 35.5. The molecule has 0 atom stereocenters. The van der Waals surface area contributed by atoms with Gasteiger partial charge in [0.05, 0.1) is 31.0 Å². The van der Waals surface area contributed by atoms with E-state index in [9.17, 15) is 9.59 Å². The van der Waals surface area contributed by atoms with Crippen LogP contribution in [0, 0.1) is 5.92 Å². The Morgan fingerprint density at radius 2 is 1.72 bits per heavy atom. The van der Waals surface area contributed by atoms with Crippen LogP contribution >= 0.6 is 11.6 Å². The van der Waals surface area contributed by atoms with E-state index in [1.807, 2.05) is 24.3 Å². The molecule has 188 valence electrons. The summed E-state index contributed by atoms with van der Waals surface area (Å²) in [5.41, 5.74) is 1.91. The van der Waals surface area contributed by atoms with E-state index in [1.165, 1.54) is 0 Å². The fraction of sp³-hybridized carbons (Fsp3) is 0.385. The minimum atomic E-state index is -0.125. The minimum Gasteiger partial charge on any atom is -0.378 e. The molecule has 2 aliphatic heterocycles. The topological polar surface area (TPSA) is 101 Å². The quantitative estimate of drug-likeness (QED) is 0.540. The van der Waals surface area contributed by atoms with Gasteiger partial charge in [-0.3, -0.25) is 14.5 Å². The lowest BCUT2D eigenvalue weighted by molar-refractivity contribution is -0.121. The molecule has 5 rings (SSSR count). The Bertz CT molecular complexity index is 1200. The zero-order valence-electron chi connectivity index (χ0n) is 19.9. The fourth-order valence-electron chi connectivity index (χ4n) is 4.53. The maximum Gasteiger partial charge on any atom is 0.256 e. The Kier molecular flexibility index (Phi) is 7.60. The molecule has 0 spiro atoms. The van der Waals surface area contributed by atoms with Gasteiger partial charge in [-0.15, -0.1) is 0 Å². The number of amides is 2. The van der Waals surface area contributed by atoms with Gasteiger partial charge >= 0.3 is 0 Å². The highest BCUT2D eigenvalue weighted by molar-refractivity contribution is 6.30. The van der Waals surface area contributed by atoms with Gasteiger partial charge in [0.25, 0.3) is 5.91 Å². The number of piperidine rings is 1. The number of benzene rings is 2. The molecular weight excluding hydrogens is 482 g/mol. The predicted molar refractivity (Wildman–Crippen MR) is 135 cm³/mol. The first-order valence-electron chi connectivity index (χ1n) is 12.1. The van der Waals surface area contributed by atoms with E-state index in [0.29, 0.717) is 73.7 Å². The van der Waals surface area contributed by atoms with Crippen LogP contribution in [0.25, 0.3) is 11.4 Å². The van der Waals surface area contributed by atoms with Crippen molar-refractivity contribution < 1.29 is 18.8 Å². The third-order valence-corrected chi connectivity index (χ3v) is 6.85. The summed E-state index contributed by atoms with van der Waals surface area (Å²) in [4.78, 5) is 34.5. The van der Waals surface area contributed by atoms with Crippen LogP contribution in [0.5, 0.6) is 0 Å². The average Bonchev–Trinajstić information content (AvgIpc) is 3.38. The monoisotopic (exact) mass is 509 g/mol. The van der Waals surface area contributed by atoms with Gasteiger partial charge in [0.1, 0.15) is 0 Å². The highest BCUT2D eigenvalue weighted by Crippen LogP contribution is 2.24. The van der Waals surface area contributed by atoms with Crippen LogP contribution in [0.2, 0.25) is 5.02 Å². The molecule has 1 aromatic heterocycles. The number of nitrogens with one attached hydrogen (secondary N) is 1. The Morgan fingerprint density at radius 3 is 2.47 bits per heavy atom. The second-order valence-corrected chi connectivity index (χ2v) is 9.44. The van der Waals surface area contributed by atoms with Crippen LogP contribution in [0.3, 0.4) is 0 Å². The molecule has 2 amide bonds. The largest absolute Gasteiger partial charge is 0.378 e. The molecule has 2 aromatic carbocycles. The van der Waals surface area contributed by atoms with Crippen molar-refractivity contribution in [3.8, 4) is 11.4 Å². The first kappa shape index (κ1) is 24.4. The SMILES string of the molecule is O=C(Nc1ccccc1C(=O)N1CCOCC1)C1CCN(Cc2nc(-c3ccc(Cl)cc3)no2)CC1. The lowest BCUT2D eigenvalue weighted by Gasteiger charge is -2.30. The van der Waals surface area contributed by atoms with Crippen molar-refractivity contribution in [3.05, 3.63) is 65.0 Å². The van der Waals surface area contributed by atoms with Gasteiger partial charge in [0, 0.05) is 29.6 Å². The van der Waals surface area contributed by atoms with Crippen molar-refractivity contribution >= 4 is 29.1 Å². The van der Waals surface area contributed by atoms with E-state index < -0.39 is 0 Å². The molecule has 2 aliphatic rings. The number of aromatic nitrogens is 2. The number of hydrogen-bond donors (Lipinski definition) is 1. The van der Waals surface area contributed by atoms with Crippen LogP contribution in [-0.4, -0.2) is 71.1 Å². The summed E-state index contributed by atoms with van der Waals surface area (Å²) in [5, 5.41) is 7.73. The Morgan fingerprint density at radius 1 is 1.00 bits per heavy atom. The van der Waals surface area contributed by atoms with Gasteiger partial charge in [-0.1, -0.05) is 28.9 Å². The smallest absolute Gasteiger partial charge is 0.256 e. The van der Waals surface area contributed by atoms with Crippen LogP contribution < -0.4 is 5.32 Å². The molecule has 36 heavy (non-hydrogen) atoms. The van der Waals surface area contributed by atoms with E-state index in [2.05, 4.69) is 20.4 Å². The van der Waals surface area contributed by atoms with Gasteiger partial charge in [0.15, 0.2) is 0 Å². The Labute approximate surface area is 214 Å². The maximum absolute atomic E-state index is 13.0.